The van der Waals surface area contributed by atoms with Crippen LogP contribution in [0.2, 0.25) is 0 Å². The van der Waals surface area contributed by atoms with Crippen LogP contribution >= 0.6 is 27.3 Å². The number of halogens is 2. The second kappa shape index (κ2) is 7.23. The SMILES string of the molecule is CN1CCC(CN(C)c2nnc(-c3cc(Br)ccc3F)s2)CC1. The molecular weight excluding hydrogens is 379 g/mol. The first kappa shape index (κ1) is 16.8. The normalized spacial score (nSPS) is 16.7. The summed E-state index contributed by atoms with van der Waals surface area (Å²) in [5.74, 6) is 0.417. The van der Waals surface area contributed by atoms with Crippen molar-refractivity contribution in [1.82, 2.24) is 15.1 Å². The molecule has 0 aliphatic carbocycles. The molecule has 0 saturated carbocycles. The molecule has 0 bridgehead atoms. The van der Waals surface area contributed by atoms with Crippen molar-refractivity contribution < 1.29 is 4.39 Å². The summed E-state index contributed by atoms with van der Waals surface area (Å²) in [6.07, 6.45) is 2.43. The molecule has 2 heterocycles. The molecule has 1 aliphatic heterocycles. The zero-order chi connectivity index (χ0) is 16.4. The maximum atomic E-state index is 14.0. The predicted octanol–water partition coefficient (Wildman–Crippen LogP) is 3.88. The van der Waals surface area contributed by atoms with Crippen molar-refractivity contribution in [3.05, 3.63) is 28.5 Å². The highest BCUT2D eigenvalue weighted by atomic mass is 79.9. The number of nitrogens with zero attached hydrogens (tertiary/aromatic N) is 4. The van der Waals surface area contributed by atoms with Crippen LogP contribution in [0.1, 0.15) is 12.8 Å². The van der Waals surface area contributed by atoms with Gasteiger partial charge >= 0.3 is 0 Å². The quantitative estimate of drug-likeness (QED) is 0.781. The standard InChI is InChI=1S/C16H20BrFN4S/c1-21-7-5-11(6-8-21)10-22(2)16-20-19-15(23-16)13-9-12(17)3-4-14(13)18/h3-4,9,11H,5-8,10H2,1-2H3. The van der Waals surface area contributed by atoms with Gasteiger partial charge in [0.1, 0.15) is 5.82 Å². The van der Waals surface area contributed by atoms with Crippen molar-refractivity contribution in [2.75, 3.05) is 38.6 Å². The summed E-state index contributed by atoms with van der Waals surface area (Å²) >= 11 is 4.81. The Labute approximate surface area is 148 Å². The predicted molar refractivity (Wildman–Crippen MR) is 96.5 cm³/mol. The van der Waals surface area contributed by atoms with Gasteiger partial charge in [-0.25, -0.2) is 4.39 Å². The lowest BCUT2D eigenvalue weighted by Gasteiger charge is -2.31. The molecule has 1 aromatic heterocycles. The monoisotopic (exact) mass is 398 g/mol. The summed E-state index contributed by atoms with van der Waals surface area (Å²) in [4.78, 5) is 4.52. The first-order chi connectivity index (χ1) is 11.0. The zero-order valence-corrected chi connectivity index (χ0v) is 15.7. The van der Waals surface area contributed by atoms with Gasteiger partial charge in [-0.2, -0.15) is 0 Å². The topological polar surface area (TPSA) is 32.3 Å². The Balaban J connectivity index is 1.70. The summed E-state index contributed by atoms with van der Waals surface area (Å²) in [6.45, 7) is 3.29. The van der Waals surface area contributed by atoms with Crippen LogP contribution in [0.15, 0.2) is 22.7 Å². The molecule has 0 radical (unpaired) electrons. The Kier molecular flexibility index (Phi) is 5.28. The van der Waals surface area contributed by atoms with E-state index in [1.807, 2.05) is 7.05 Å². The van der Waals surface area contributed by atoms with Crippen molar-refractivity contribution >= 4 is 32.4 Å². The average Bonchev–Trinajstić information content (AvgIpc) is 3.02. The molecule has 2 aromatic rings. The maximum absolute atomic E-state index is 14.0. The lowest BCUT2D eigenvalue weighted by atomic mass is 9.97. The molecule has 0 unspecified atom stereocenters. The van der Waals surface area contributed by atoms with E-state index in [9.17, 15) is 4.39 Å². The van der Waals surface area contributed by atoms with Gasteiger partial charge in [-0.05, 0) is 57.1 Å². The Morgan fingerprint density at radius 2 is 2.09 bits per heavy atom. The van der Waals surface area contributed by atoms with Gasteiger partial charge in [0.25, 0.3) is 0 Å². The fraction of sp³-hybridized carbons (Fsp3) is 0.500. The zero-order valence-electron chi connectivity index (χ0n) is 13.3. The first-order valence-electron chi connectivity index (χ1n) is 7.71. The van der Waals surface area contributed by atoms with Crippen LogP contribution in [0.25, 0.3) is 10.6 Å². The molecular formula is C16H20BrFN4S. The van der Waals surface area contributed by atoms with Gasteiger partial charge < -0.3 is 9.80 Å². The van der Waals surface area contributed by atoms with Gasteiger partial charge in [0.2, 0.25) is 5.13 Å². The van der Waals surface area contributed by atoms with Gasteiger partial charge in [-0.15, -0.1) is 10.2 Å². The van der Waals surface area contributed by atoms with Crippen LogP contribution in [0.5, 0.6) is 0 Å². The van der Waals surface area contributed by atoms with Gasteiger partial charge in [-0.3, -0.25) is 0 Å². The van der Waals surface area contributed by atoms with E-state index in [2.05, 4.69) is 43.0 Å². The number of benzene rings is 1. The minimum Gasteiger partial charge on any atom is -0.349 e. The van der Waals surface area contributed by atoms with Crippen LogP contribution in [0.4, 0.5) is 9.52 Å². The summed E-state index contributed by atoms with van der Waals surface area (Å²) in [7, 11) is 4.21. The number of hydrogen-bond donors (Lipinski definition) is 0. The Bertz CT molecular complexity index is 670. The molecule has 1 saturated heterocycles. The fourth-order valence-electron chi connectivity index (χ4n) is 2.85. The number of anilines is 1. The van der Waals surface area contributed by atoms with E-state index in [-0.39, 0.29) is 5.82 Å². The summed E-state index contributed by atoms with van der Waals surface area (Å²) in [5, 5.41) is 9.88. The highest BCUT2D eigenvalue weighted by molar-refractivity contribution is 9.10. The third kappa shape index (κ3) is 4.08. The van der Waals surface area contributed by atoms with Crippen LogP contribution in [-0.2, 0) is 0 Å². The largest absolute Gasteiger partial charge is 0.349 e. The van der Waals surface area contributed by atoms with Crippen molar-refractivity contribution in [3.8, 4) is 10.6 Å². The molecule has 23 heavy (non-hydrogen) atoms. The third-order valence-corrected chi connectivity index (χ3v) is 5.83. The van der Waals surface area contributed by atoms with E-state index >= 15 is 0 Å². The van der Waals surface area contributed by atoms with E-state index in [4.69, 9.17) is 0 Å². The average molecular weight is 399 g/mol. The second-order valence-electron chi connectivity index (χ2n) is 6.14. The molecule has 1 aromatic carbocycles. The van der Waals surface area contributed by atoms with Crippen LogP contribution < -0.4 is 4.90 Å². The molecule has 0 atom stereocenters. The molecule has 1 fully saturated rings. The molecule has 3 rings (SSSR count). The molecule has 0 spiro atoms. The number of likely N-dealkylation sites (tertiary alicyclic amines) is 1. The molecule has 124 valence electrons. The van der Waals surface area contributed by atoms with Gasteiger partial charge in [0, 0.05) is 23.6 Å². The minimum absolute atomic E-state index is 0.270. The third-order valence-electron chi connectivity index (χ3n) is 4.27. The van der Waals surface area contributed by atoms with Crippen molar-refractivity contribution in [2.45, 2.75) is 12.8 Å². The number of rotatable bonds is 4. The first-order valence-corrected chi connectivity index (χ1v) is 9.32. The van der Waals surface area contributed by atoms with Crippen molar-refractivity contribution in [3.63, 3.8) is 0 Å². The van der Waals surface area contributed by atoms with E-state index in [0.29, 0.717) is 16.5 Å². The summed E-state index contributed by atoms with van der Waals surface area (Å²) < 4.78 is 14.8. The number of piperidine rings is 1. The van der Waals surface area contributed by atoms with Crippen molar-refractivity contribution in [2.24, 2.45) is 5.92 Å². The lowest BCUT2D eigenvalue weighted by Crippen LogP contribution is -2.35. The molecule has 1 aliphatic rings. The summed E-state index contributed by atoms with van der Waals surface area (Å²) in [5.41, 5.74) is 0.496. The molecule has 7 heteroatoms. The van der Waals surface area contributed by atoms with Crippen LogP contribution in [-0.4, -0.2) is 48.8 Å². The highest BCUT2D eigenvalue weighted by Crippen LogP contribution is 2.32. The van der Waals surface area contributed by atoms with Crippen LogP contribution in [0, 0.1) is 11.7 Å². The van der Waals surface area contributed by atoms with Gasteiger partial charge in [-0.1, -0.05) is 27.3 Å². The molecule has 0 N–H and O–H groups in total. The van der Waals surface area contributed by atoms with E-state index in [1.54, 1.807) is 12.1 Å². The summed E-state index contributed by atoms with van der Waals surface area (Å²) in [6, 6.07) is 4.88. The van der Waals surface area contributed by atoms with Gasteiger partial charge in [0.15, 0.2) is 5.01 Å². The minimum atomic E-state index is -0.270. The van der Waals surface area contributed by atoms with Crippen LogP contribution in [0.3, 0.4) is 0 Å². The van der Waals surface area contributed by atoms with E-state index < -0.39 is 0 Å². The Morgan fingerprint density at radius 1 is 1.35 bits per heavy atom. The Morgan fingerprint density at radius 3 is 2.83 bits per heavy atom. The van der Waals surface area contributed by atoms with Gasteiger partial charge in [0.05, 0.1) is 0 Å². The smallest absolute Gasteiger partial charge is 0.208 e. The van der Waals surface area contributed by atoms with E-state index in [0.717, 1.165) is 29.2 Å². The lowest BCUT2D eigenvalue weighted by molar-refractivity contribution is 0.222. The molecule has 4 nitrogen and oxygen atoms in total. The molecule has 0 amide bonds. The highest BCUT2D eigenvalue weighted by Gasteiger charge is 2.20. The maximum Gasteiger partial charge on any atom is 0.208 e. The van der Waals surface area contributed by atoms with Crippen molar-refractivity contribution in [1.29, 1.82) is 0 Å². The Hall–Kier alpha value is -1.05. The number of hydrogen-bond acceptors (Lipinski definition) is 5. The second-order valence-corrected chi connectivity index (χ2v) is 8.01. The van der Waals surface area contributed by atoms with E-state index in [1.165, 1.54) is 30.2 Å². The number of aromatic nitrogens is 2. The fourth-order valence-corrected chi connectivity index (χ4v) is 4.04.